The largest absolute Gasteiger partial charge is 0.493 e. The second-order valence-corrected chi connectivity index (χ2v) is 7.17. The molecule has 0 aliphatic rings. The molecule has 31 heavy (non-hydrogen) atoms. The Morgan fingerprint density at radius 1 is 1.19 bits per heavy atom. The van der Waals surface area contributed by atoms with Crippen molar-refractivity contribution in [1.29, 1.82) is 0 Å². The number of carbonyl (C=O) groups is 1. The summed E-state index contributed by atoms with van der Waals surface area (Å²) in [6.45, 7) is 2.59. The minimum Gasteiger partial charge on any atom is -0.493 e. The van der Waals surface area contributed by atoms with E-state index in [4.69, 9.17) is 9.47 Å². The molecule has 0 spiro atoms. The Morgan fingerprint density at radius 2 is 1.97 bits per heavy atom. The van der Waals surface area contributed by atoms with Crippen LogP contribution >= 0.6 is 11.8 Å². The van der Waals surface area contributed by atoms with Gasteiger partial charge in [-0.3, -0.25) is 4.79 Å². The molecule has 0 bridgehead atoms. The van der Waals surface area contributed by atoms with Crippen molar-refractivity contribution in [2.75, 3.05) is 20.0 Å². The second kappa shape index (κ2) is 10.6. The van der Waals surface area contributed by atoms with Crippen molar-refractivity contribution in [3.8, 4) is 22.9 Å². The highest BCUT2D eigenvalue weighted by Gasteiger charge is 2.16. The Balaban J connectivity index is 1.66. The molecule has 1 N–H and O–H groups in total. The number of hydrazone groups is 1. The van der Waals surface area contributed by atoms with Gasteiger partial charge in [0.2, 0.25) is 0 Å². The molecule has 0 radical (unpaired) electrons. The van der Waals surface area contributed by atoms with Gasteiger partial charge in [-0.2, -0.15) is 5.10 Å². The van der Waals surface area contributed by atoms with Gasteiger partial charge < -0.3 is 14.0 Å². The third-order valence-corrected chi connectivity index (χ3v) is 5.27. The lowest BCUT2D eigenvalue weighted by Gasteiger charge is -2.10. The highest BCUT2D eigenvalue weighted by atomic mass is 32.2. The molecule has 8 nitrogen and oxygen atoms in total. The van der Waals surface area contributed by atoms with E-state index >= 15 is 0 Å². The van der Waals surface area contributed by atoms with E-state index in [9.17, 15) is 9.18 Å². The summed E-state index contributed by atoms with van der Waals surface area (Å²) < 4.78 is 26.1. The molecule has 3 rings (SSSR count). The number of ether oxygens (including phenoxy) is 2. The fourth-order valence-electron chi connectivity index (χ4n) is 2.79. The fraction of sp³-hybridized carbons (Fsp3) is 0.238. The van der Waals surface area contributed by atoms with Gasteiger partial charge in [0, 0.05) is 17.7 Å². The van der Waals surface area contributed by atoms with Crippen LogP contribution in [0.5, 0.6) is 11.5 Å². The topological polar surface area (TPSA) is 90.6 Å². The molecule has 0 unspecified atom stereocenters. The molecule has 0 aliphatic heterocycles. The number of nitrogens with one attached hydrogen (secondary N) is 1. The average molecular weight is 444 g/mol. The van der Waals surface area contributed by atoms with Gasteiger partial charge in [-0.1, -0.05) is 30.0 Å². The average Bonchev–Trinajstić information content (AvgIpc) is 3.21. The van der Waals surface area contributed by atoms with Gasteiger partial charge in [0.05, 0.1) is 26.2 Å². The summed E-state index contributed by atoms with van der Waals surface area (Å²) in [7, 11) is 3.15. The van der Waals surface area contributed by atoms with Crippen LogP contribution in [0.1, 0.15) is 12.5 Å². The van der Waals surface area contributed by atoms with Crippen LogP contribution in [0, 0.1) is 5.82 Å². The number of nitrogens with zero attached hydrogens (tertiary/aromatic N) is 4. The Morgan fingerprint density at radius 3 is 2.68 bits per heavy atom. The van der Waals surface area contributed by atoms with Crippen molar-refractivity contribution in [1.82, 2.24) is 20.2 Å². The van der Waals surface area contributed by atoms with E-state index in [1.807, 2.05) is 23.6 Å². The van der Waals surface area contributed by atoms with Gasteiger partial charge in [-0.15, -0.1) is 10.2 Å². The van der Waals surface area contributed by atoms with Gasteiger partial charge >= 0.3 is 0 Å². The molecule has 0 saturated carbocycles. The molecule has 0 atom stereocenters. The lowest BCUT2D eigenvalue weighted by Crippen LogP contribution is -2.20. The zero-order valence-electron chi connectivity index (χ0n) is 17.3. The Kier molecular flexibility index (Phi) is 7.60. The van der Waals surface area contributed by atoms with E-state index in [0.717, 1.165) is 5.56 Å². The molecule has 0 aliphatic carbocycles. The Labute approximate surface area is 183 Å². The molecule has 3 aromatic rings. The first-order valence-corrected chi connectivity index (χ1v) is 10.4. The number of thioether (sulfide) groups is 1. The molecule has 2 aromatic carbocycles. The molecule has 10 heteroatoms. The van der Waals surface area contributed by atoms with Crippen molar-refractivity contribution in [2.24, 2.45) is 5.10 Å². The van der Waals surface area contributed by atoms with Gasteiger partial charge in [0.1, 0.15) is 5.82 Å². The van der Waals surface area contributed by atoms with E-state index in [1.54, 1.807) is 38.5 Å². The summed E-state index contributed by atoms with van der Waals surface area (Å²) in [5.74, 6) is 1.20. The van der Waals surface area contributed by atoms with Crippen molar-refractivity contribution in [3.05, 3.63) is 53.8 Å². The summed E-state index contributed by atoms with van der Waals surface area (Å²) in [5.41, 5.74) is 3.50. The zero-order valence-corrected chi connectivity index (χ0v) is 18.1. The first-order chi connectivity index (χ1) is 15.1. The number of amides is 1. The van der Waals surface area contributed by atoms with Crippen LogP contribution < -0.4 is 14.9 Å². The smallest absolute Gasteiger partial charge is 0.250 e. The van der Waals surface area contributed by atoms with Crippen LogP contribution in [-0.4, -0.2) is 46.9 Å². The van der Waals surface area contributed by atoms with Crippen LogP contribution in [0.25, 0.3) is 11.4 Å². The minimum absolute atomic E-state index is 0.0820. The maximum absolute atomic E-state index is 13.6. The fourth-order valence-corrected chi connectivity index (χ4v) is 3.58. The SMILES string of the molecule is CCn1c(SCC(=O)N/N=C/c2ccccc2F)nnc1-c1ccc(OC)c(OC)c1. The van der Waals surface area contributed by atoms with Crippen LogP contribution in [0.15, 0.2) is 52.7 Å². The molecule has 1 amide bonds. The van der Waals surface area contributed by atoms with Crippen molar-refractivity contribution >= 4 is 23.9 Å². The number of hydrogen-bond donors (Lipinski definition) is 1. The Bertz CT molecular complexity index is 1090. The molecular weight excluding hydrogens is 421 g/mol. The highest BCUT2D eigenvalue weighted by molar-refractivity contribution is 7.99. The standard InChI is InChI=1S/C21H22FN5O3S/c1-4-27-20(14-9-10-17(29-2)18(11-14)30-3)25-26-21(27)31-13-19(28)24-23-12-15-7-5-6-8-16(15)22/h5-12H,4,13H2,1-3H3,(H,24,28)/b23-12+. The predicted octanol–water partition coefficient (Wildman–Crippen LogP) is 3.36. The lowest BCUT2D eigenvalue weighted by atomic mass is 10.2. The van der Waals surface area contributed by atoms with E-state index in [-0.39, 0.29) is 11.7 Å². The lowest BCUT2D eigenvalue weighted by molar-refractivity contribution is -0.118. The van der Waals surface area contributed by atoms with E-state index in [0.29, 0.717) is 34.6 Å². The van der Waals surface area contributed by atoms with Crippen molar-refractivity contribution in [3.63, 3.8) is 0 Å². The second-order valence-electron chi connectivity index (χ2n) is 6.22. The predicted molar refractivity (Wildman–Crippen MR) is 117 cm³/mol. The van der Waals surface area contributed by atoms with E-state index in [2.05, 4.69) is 20.7 Å². The van der Waals surface area contributed by atoms with Crippen LogP contribution in [0.4, 0.5) is 4.39 Å². The van der Waals surface area contributed by atoms with Gasteiger partial charge in [0.15, 0.2) is 22.5 Å². The molecule has 1 heterocycles. The number of carbonyl (C=O) groups excluding carboxylic acids is 1. The quantitative estimate of drug-likeness (QED) is 0.310. The van der Waals surface area contributed by atoms with E-state index in [1.165, 1.54) is 24.0 Å². The summed E-state index contributed by atoms with van der Waals surface area (Å²) in [6, 6.07) is 11.7. The van der Waals surface area contributed by atoms with Gasteiger partial charge in [-0.25, -0.2) is 9.82 Å². The van der Waals surface area contributed by atoms with Crippen LogP contribution in [0.3, 0.4) is 0 Å². The number of hydrogen-bond acceptors (Lipinski definition) is 7. The first-order valence-electron chi connectivity index (χ1n) is 9.42. The summed E-state index contributed by atoms with van der Waals surface area (Å²) in [4.78, 5) is 12.1. The number of methoxy groups -OCH3 is 2. The van der Waals surface area contributed by atoms with Crippen molar-refractivity contribution < 1.29 is 18.7 Å². The summed E-state index contributed by atoms with van der Waals surface area (Å²) in [6.07, 6.45) is 1.27. The summed E-state index contributed by atoms with van der Waals surface area (Å²) >= 11 is 1.24. The number of halogens is 1. The summed E-state index contributed by atoms with van der Waals surface area (Å²) in [5, 5.41) is 12.9. The number of aromatic nitrogens is 3. The molecule has 0 saturated heterocycles. The third-order valence-electron chi connectivity index (χ3n) is 4.31. The molecule has 1 aromatic heterocycles. The molecule has 162 valence electrons. The van der Waals surface area contributed by atoms with Crippen LogP contribution in [-0.2, 0) is 11.3 Å². The Hall–Kier alpha value is -3.40. The van der Waals surface area contributed by atoms with Gasteiger partial charge in [-0.05, 0) is 31.2 Å². The van der Waals surface area contributed by atoms with Crippen LogP contribution in [0.2, 0.25) is 0 Å². The van der Waals surface area contributed by atoms with Gasteiger partial charge in [0.25, 0.3) is 5.91 Å². The first kappa shape index (κ1) is 22.3. The molecular formula is C21H22FN5O3S. The van der Waals surface area contributed by atoms with Crippen molar-refractivity contribution in [2.45, 2.75) is 18.6 Å². The van der Waals surface area contributed by atoms with E-state index < -0.39 is 5.82 Å². The molecule has 0 fully saturated rings. The zero-order chi connectivity index (χ0) is 22.2. The third kappa shape index (κ3) is 5.40. The number of rotatable bonds is 9. The monoisotopic (exact) mass is 443 g/mol. The maximum Gasteiger partial charge on any atom is 0.250 e. The highest BCUT2D eigenvalue weighted by Crippen LogP contribution is 2.32. The maximum atomic E-state index is 13.6. The minimum atomic E-state index is -0.409. The number of benzene rings is 2. The normalized spacial score (nSPS) is 11.0.